The van der Waals surface area contributed by atoms with Crippen molar-refractivity contribution in [2.45, 2.75) is 0 Å². The molecule has 0 heterocycles. The second kappa shape index (κ2) is 11.4. The molecule has 0 aromatic rings. The van der Waals surface area contributed by atoms with Crippen molar-refractivity contribution in [2.75, 3.05) is 12.5 Å². The minimum atomic E-state index is -1.83. The molecule has 0 amide bonds. The predicted molar refractivity (Wildman–Crippen MR) is 37.8 cm³/mol. The van der Waals surface area contributed by atoms with Crippen LogP contribution in [0.4, 0.5) is 4.79 Å². The Hall–Kier alpha value is 0.580. The molecule has 0 atom stereocenters. The molecule has 9 heavy (non-hydrogen) atoms. The Balaban J connectivity index is -0.0000000720. The van der Waals surface area contributed by atoms with Crippen molar-refractivity contribution in [1.29, 1.82) is 0 Å². The summed E-state index contributed by atoms with van der Waals surface area (Å²) in [4.78, 5) is 8.56. The molecule has 0 saturated carbocycles. The molecule has 0 bridgehead atoms. The van der Waals surface area contributed by atoms with Gasteiger partial charge in [0.05, 0.1) is 12.5 Å². The number of hydrogen-bond donors (Lipinski definition) is 2. The second-order valence-electron chi connectivity index (χ2n) is 1.02. The second-order valence-corrected chi connectivity index (χ2v) is 2.51. The normalized spacial score (nSPS) is 6.67. The van der Waals surface area contributed by atoms with E-state index in [1.807, 2.05) is 0 Å². The molecule has 0 aliphatic rings. The van der Waals surface area contributed by atoms with Crippen molar-refractivity contribution < 1.29 is 19.6 Å². The molecule has 6 heteroatoms. The zero-order valence-corrected chi connectivity index (χ0v) is 5.44. The van der Waals surface area contributed by atoms with Gasteiger partial charge in [-0.2, -0.15) is 0 Å². The van der Waals surface area contributed by atoms with Gasteiger partial charge in [0.15, 0.2) is 0 Å². The Labute approximate surface area is 78.7 Å². The van der Waals surface area contributed by atoms with E-state index in [4.69, 9.17) is 15.0 Å². The molecule has 0 aliphatic heterocycles. The predicted octanol–water partition coefficient (Wildman–Crippen LogP) is -0.431. The van der Waals surface area contributed by atoms with Gasteiger partial charge in [0.1, 0.15) is 0 Å². The van der Waals surface area contributed by atoms with Crippen molar-refractivity contribution in [1.82, 2.24) is 0 Å². The summed E-state index contributed by atoms with van der Waals surface area (Å²) in [5.41, 5.74) is 0. The number of hydrogen-bond acceptors (Lipinski definition) is 2. The van der Waals surface area contributed by atoms with Crippen LogP contribution in [0.3, 0.4) is 0 Å². The average molecular weight is 164 g/mol. The van der Waals surface area contributed by atoms with E-state index in [0.717, 1.165) is 0 Å². The van der Waals surface area contributed by atoms with E-state index in [1.165, 1.54) is 0 Å². The Morgan fingerprint density at radius 1 is 1.44 bits per heavy atom. The zero-order valence-electron chi connectivity index (χ0n) is 4.62. The van der Waals surface area contributed by atoms with Gasteiger partial charge in [0, 0.05) is 0 Å². The van der Waals surface area contributed by atoms with Crippen LogP contribution in [0.25, 0.3) is 0 Å². The summed E-state index contributed by atoms with van der Waals surface area (Å²) < 4.78 is 9.56. The standard InChI is InChI=1S/C2H6OS.CH2O3.Na.H/c1-4(2)3;2-1(3)4;;/h1-2H3;(H2,2,3,4);;. The van der Waals surface area contributed by atoms with E-state index >= 15 is 0 Å². The van der Waals surface area contributed by atoms with Gasteiger partial charge in [-0.05, 0) is 0 Å². The molecule has 0 radical (unpaired) electrons. The average Bonchev–Trinajstić information content (AvgIpc) is 1.25. The molecule has 0 spiro atoms. The molecule has 52 valence electrons. The van der Waals surface area contributed by atoms with Gasteiger partial charge in [-0.25, -0.2) is 4.79 Å². The monoisotopic (exact) mass is 164 g/mol. The molecule has 0 fully saturated rings. The van der Waals surface area contributed by atoms with Crippen LogP contribution in [0.1, 0.15) is 0 Å². The Bertz CT molecular complexity index is 60.1. The SMILES string of the molecule is C[S+](C)[O-].O=C(O)O.[NaH]. The summed E-state index contributed by atoms with van der Waals surface area (Å²) in [5, 5.41) is 13.9. The fourth-order valence-electron chi connectivity index (χ4n) is 0. The van der Waals surface area contributed by atoms with Crippen molar-refractivity contribution in [2.24, 2.45) is 0 Å². The van der Waals surface area contributed by atoms with Gasteiger partial charge in [-0.15, -0.1) is 0 Å². The Kier molecular flexibility index (Phi) is 20.6. The fourth-order valence-corrected chi connectivity index (χ4v) is 0. The molecule has 0 rings (SSSR count). The van der Waals surface area contributed by atoms with Crippen LogP contribution in [0.15, 0.2) is 0 Å². The van der Waals surface area contributed by atoms with Crippen LogP contribution in [-0.2, 0) is 11.2 Å². The minimum absolute atomic E-state index is 0. The molecule has 0 saturated heterocycles. The van der Waals surface area contributed by atoms with E-state index in [1.54, 1.807) is 12.5 Å². The van der Waals surface area contributed by atoms with Crippen LogP contribution in [0.2, 0.25) is 0 Å². The number of carboxylic acid groups (broad SMARTS) is 2. The quantitative estimate of drug-likeness (QED) is 0.376. The molecular weight excluding hydrogens is 155 g/mol. The molecule has 0 aliphatic carbocycles. The molecular formula is C3H9NaO4S. The van der Waals surface area contributed by atoms with Crippen LogP contribution >= 0.6 is 0 Å². The van der Waals surface area contributed by atoms with Gasteiger partial charge < -0.3 is 14.8 Å². The third-order valence-electron chi connectivity index (χ3n) is 0. The van der Waals surface area contributed by atoms with Crippen LogP contribution < -0.4 is 0 Å². The van der Waals surface area contributed by atoms with Gasteiger partial charge >= 0.3 is 35.7 Å². The first-order valence-electron chi connectivity index (χ1n) is 1.63. The molecule has 4 nitrogen and oxygen atoms in total. The van der Waals surface area contributed by atoms with Crippen molar-refractivity contribution in [3.05, 3.63) is 0 Å². The summed E-state index contributed by atoms with van der Waals surface area (Å²) >= 11 is -0.611. The van der Waals surface area contributed by atoms with Crippen molar-refractivity contribution in [3.63, 3.8) is 0 Å². The van der Waals surface area contributed by atoms with E-state index in [-0.39, 0.29) is 29.6 Å². The topological polar surface area (TPSA) is 80.6 Å². The molecule has 0 aromatic heterocycles. The van der Waals surface area contributed by atoms with E-state index in [2.05, 4.69) is 0 Å². The maximum atomic E-state index is 9.56. The third kappa shape index (κ3) is 1100. The zero-order chi connectivity index (χ0) is 7.15. The molecule has 2 N–H and O–H groups in total. The van der Waals surface area contributed by atoms with Gasteiger partial charge in [0.2, 0.25) is 0 Å². The maximum absolute atomic E-state index is 9.56. The van der Waals surface area contributed by atoms with E-state index in [0.29, 0.717) is 0 Å². The summed E-state index contributed by atoms with van der Waals surface area (Å²) in [6.45, 7) is 0. The van der Waals surface area contributed by atoms with Gasteiger partial charge in [-0.3, -0.25) is 0 Å². The van der Waals surface area contributed by atoms with Crippen LogP contribution in [0, 0.1) is 0 Å². The van der Waals surface area contributed by atoms with Crippen molar-refractivity contribution in [3.8, 4) is 0 Å². The Morgan fingerprint density at radius 3 is 1.44 bits per heavy atom. The number of rotatable bonds is 0. The van der Waals surface area contributed by atoms with E-state index in [9.17, 15) is 4.55 Å². The summed E-state index contributed by atoms with van der Waals surface area (Å²) in [7, 11) is 0. The molecule has 0 unspecified atom stereocenters. The fraction of sp³-hybridized carbons (Fsp3) is 0.667. The summed E-state index contributed by atoms with van der Waals surface area (Å²) in [6, 6.07) is 0. The Morgan fingerprint density at radius 2 is 1.44 bits per heavy atom. The van der Waals surface area contributed by atoms with E-state index < -0.39 is 17.3 Å². The summed E-state index contributed by atoms with van der Waals surface area (Å²) in [6.07, 6.45) is 1.44. The first-order valence-corrected chi connectivity index (χ1v) is 3.60. The first-order chi connectivity index (χ1) is 3.46. The number of carbonyl (C=O) groups is 1. The third-order valence-corrected chi connectivity index (χ3v) is 0. The molecule has 0 aromatic carbocycles. The van der Waals surface area contributed by atoms with Gasteiger partial charge in [0.25, 0.3) is 0 Å². The van der Waals surface area contributed by atoms with Crippen LogP contribution in [0.5, 0.6) is 0 Å². The van der Waals surface area contributed by atoms with Crippen LogP contribution in [-0.4, -0.2) is 63.0 Å². The van der Waals surface area contributed by atoms with Crippen molar-refractivity contribution >= 4 is 46.9 Å². The summed E-state index contributed by atoms with van der Waals surface area (Å²) in [5.74, 6) is 0. The first kappa shape index (κ1) is 16.3. The van der Waals surface area contributed by atoms with Gasteiger partial charge in [-0.1, -0.05) is 11.2 Å².